The maximum absolute atomic E-state index is 5.39. The first-order valence-electron chi connectivity index (χ1n) is 2.47. The van der Waals surface area contributed by atoms with Gasteiger partial charge in [-0.05, 0) is 5.92 Å². The molecule has 0 bridgehead atoms. The molecule has 2 heteroatoms. The Labute approximate surface area is 44.7 Å². The highest BCUT2D eigenvalue weighted by Crippen LogP contribution is 1.96. The molecule has 0 aliphatic carbocycles. The van der Waals surface area contributed by atoms with Gasteiger partial charge in [-0.1, -0.05) is 13.8 Å². The predicted molar refractivity (Wildman–Crippen MR) is 29.8 cm³/mol. The zero-order valence-electron chi connectivity index (χ0n) is 5.14. The lowest BCUT2D eigenvalue weighted by molar-refractivity contribution is 0.0706. The molecule has 0 amide bonds. The maximum Gasteiger partial charge on any atom is 0.107 e. The molecule has 0 aliphatic heterocycles. The summed E-state index contributed by atoms with van der Waals surface area (Å²) in [4.78, 5) is 0. The van der Waals surface area contributed by atoms with E-state index in [1.165, 1.54) is 0 Å². The van der Waals surface area contributed by atoms with Crippen LogP contribution in [0.2, 0.25) is 0 Å². The normalized spacial score (nSPS) is 15.0. The topological polar surface area (TPSA) is 35.2 Å². The number of hydrogen-bond donors (Lipinski definition) is 1. The van der Waals surface area contributed by atoms with E-state index in [9.17, 15) is 0 Å². The van der Waals surface area contributed by atoms with Crippen LogP contribution in [0, 0.1) is 5.92 Å². The highest BCUT2D eigenvalue weighted by Gasteiger charge is 2.02. The highest BCUT2D eigenvalue weighted by atomic mass is 16.5. The quantitative estimate of drug-likeness (QED) is 0.519. The van der Waals surface area contributed by atoms with Gasteiger partial charge in [0, 0.05) is 7.11 Å². The van der Waals surface area contributed by atoms with E-state index in [1.54, 1.807) is 7.11 Å². The Morgan fingerprint density at radius 3 is 1.86 bits per heavy atom. The molecule has 0 saturated carbocycles. The van der Waals surface area contributed by atoms with E-state index < -0.39 is 0 Å². The van der Waals surface area contributed by atoms with Crippen molar-refractivity contribution in [1.29, 1.82) is 0 Å². The fraction of sp³-hybridized carbons (Fsp3) is 1.00. The third-order valence-corrected chi connectivity index (χ3v) is 0.929. The van der Waals surface area contributed by atoms with Crippen LogP contribution in [0.4, 0.5) is 0 Å². The molecule has 0 heterocycles. The van der Waals surface area contributed by atoms with Crippen molar-refractivity contribution >= 4 is 0 Å². The van der Waals surface area contributed by atoms with E-state index in [0.717, 1.165) is 0 Å². The molecule has 0 aromatic carbocycles. The largest absolute Gasteiger partial charge is 0.367 e. The van der Waals surface area contributed by atoms with E-state index in [2.05, 4.69) is 0 Å². The summed E-state index contributed by atoms with van der Waals surface area (Å²) >= 11 is 0. The van der Waals surface area contributed by atoms with Crippen molar-refractivity contribution < 1.29 is 4.74 Å². The zero-order valence-corrected chi connectivity index (χ0v) is 5.14. The number of rotatable bonds is 2. The molecule has 1 unspecified atom stereocenters. The summed E-state index contributed by atoms with van der Waals surface area (Å²) in [7, 11) is 1.62. The lowest BCUT2D eigenvalue weighted by Gasteiger charge is -2.11. The molecule has 0 spiro atoms. The van der Waals surface area contributed by atoms with Gasteiger partial charge in [0.15, 0.2) is 0 Å². The Bertz CT molecular complexity index is 45.3. The van der Waals surface area contributed by atoms with Gasteiger partial charge in [0.25, 0.3) is 0 Å². The van der Waals surface area contributed by atoms with Crippen LogP contribution in [-0.4, -0.2) is 13.3 Å². The minimum absolute atomic E-state index is 0.0972. The minimum Gasteiger partial charge on any atom is -0.367 e. The van der Waals surface area contributed by atoms with Crippen LogP contribution in [0.5, 0.6) is 0 Å². The van der Waals surface area contributed by atoms with E-state index in [4.69, 9.17) is 10.5 Å². The summed E-state index contributed by atoms with van der Waals surface area (Å²) in [6.45, 7) is 4.04. The minimum atomic E-state index is -0.0972. The summed E-state index contributed by atoms with van der Waals surface area (Å²) in [5.74, 6) is 0.421. The van der Waals surface area contributed by atoms with Gasteiger partial charge in [0.2, 0.25) is 0 Å². The first-order valence-corrected chi connectivity index (χ1v) is 2.47. The van der Waals surface area contributed by atoms with Gasteiger partial charge in [-0.15, -0.1) is 0 Å². The molecule has 0 saturated heterocycles. The van der Waals surface area contributed by atoms with E-state index in [1.807, 2.05) is 13.8 Å². The Morgan fingerprint density at radius 2 is 1.86 bits per heavy atom. The second-order valence-corrected chi connectivity index (χ2v) is 1.94. The molecule has 7 heavy (non-hydrogen) atoms. The Hall–Kier alpha value is -0.0800. The van der Waals surface area contributed by atoms with Crippen molar-refractivity contribution in [3.05, 3.63) is 0 Å². The van der Waals surface area contributed by atoms with Gasteiger partial charge in [-0.2, -0.15) is 0 Å². The monoisotopic (exact) mass is 103 g/mol. The van der Waals surface area contributed by atoms with Gasteiger partial charge < -0.3 is 10.5 Å². The third kappa shape index (κ3) is 2.60. The standard InChI is InChI=1S/C5H13NO/c1-4(2)5(6)7-3/h4-5H,6H2,1-3H3. The molecule has 2 nitrogen and oxygen atoms in total. The van der Waals surface area contributed by atoms with Gasteiger partial charge in [0.05, 0.1) is 0 Å². The van der Waals surface area contributed by atoms with Crippen LogP contribution in [-0.2, 0) is 4.74 Å². The predicted octanol–water partition coefficient (Wildman–Crippen LogP) is 0.574. The Kier molecular flexibility index (Phi) is 2.96. The summed E-state index contributed by atoms with van der Waals surface area (Å²) in [6, 6.07) is 0. The van der Waals surface area contributed by atoms with Crippen LogP contribution in [0.25, 0.3) is 0 Å². The molecular weight excluding hydrogens is 90.1 g/mol. The third-order valence-electron chi connectivity index (χ3n) is 0.929. The molecule has 44 valence electrons. The summed E-state index contributed by atoms with van der Waals surface area (Å²) in [5, 5.41) is 0. The van der Waals surface area contributed by atoms with Gasteiger partial charge in [0.1, 0.15) is 6.23 Å². The van der Waals surface area contributed by atoms with Crippen molar-refractivity contribution in [1.82, 2.24) is 0 Å². The Morgan fingerprint density at radius 1 is 1.43 bits per heavy atom. The van der Waals surface area contributed by atoms with E-state index >= 15 is 0 Å². The van der Waals surface area contributed by atoms with Crippen LogP contribution in [0.15, 0.2) is 0 Å². The SMILES string of the molecule is COC(N)C(C)C. The molecule has 2 N–H and O–H groups in total. The van der Waals surface area contributed by atoms with Crippen LogP contribution >= 0.6 is 0 Å². The Balaban J connectivity index is 3.14. The summed E-state index contributed by atoms with van der Waals surface area (Å²) < 4.78 is 4.79. The van der Waals surface area contributed by atoms with Crippen LogP contribution in [0.1, 0.15) is 13.8 Å². The van der Waals surface area contributed by atoms with Gasteiger partial charge in [-0.25, -0.2) is 0 Å². The smallest absolute Gasteiger partial charge is 0.107 e. The maximum atomic E-state index is 5.39. The van der Waals surface area contributed by atoms with Crippen LogP contribution < -0.4 is 5.73 Å². The molecule has 0 fully saturated rings. The number of ether oxygens (including phenoxy) is 1. The molecule has 0 rings (SSSR count). The second-order valence-electron chi connectivity index (χ2n) is 1.94. The molecule has 0 aromatic heterocycles. The first-order chi connectivity index (χ1) is 3.18. The zero-order chi connectivity index (χ0) is 5.86. The molecule has 0 aliphatic rings. The van der Waals surface area contributed by atoms with Crippen molar-refractivity contribution in [3.8, 4) is 0 Å². The highest BCUT2D eigenvalue weighted by molar-refractivity contribution is 4.49. The number of hydrogen-bond acceptors (Lipinski definition) is 2. The van der Waals surface area contributed by atoms with Crippen LogP contribution in [0.3, 0.4) is 0 Å². The van der Waals surface area contributed by atoms with Crippen molar-refractivity contribution in [2.24, 2.45) is 11.7 Å². The van der Waals surface area contributed by atoms with Gasteiger partial charge >= 0.3 is 0 Å². The summed E-state index contributed by atoms with van der Waals surface area (Å²) in [5.41, 5.74) is 5.39. The second kappa shape index (κ2) is 2.99. The van der Waals surface area contributed by atoms with Crippen molar-refractivity contribution in [3.63, 3.8) is 0 Å². The molecule has 1 atom stereocenters. The lowest BCUT2D eigenvalue weighted by Crippen LogP contribution is -2.27. The average Bonchev–Trinajstić information content (AvgIpc) is 1.65. The number of nitrogens with two attached hydrogens (primary N) is 1. The fourth-order valence-electron chi connectivity index (χ4n) is 0.272. The van der Waals surface area contributed by atoms with Crippen molar-refractivity contribution in [2.45, 2.75) is 20.1 Å². The molecular formula is C5H13NO. The first kappa shape index (κ1) is 6.92. The molecule has 0 radical (unpaired) electrons. The van der Waals surface area contributed by atoms with Crippen molar-refractivity contribution in [2.75, 3.05) is 7.11 Å². The van der Waals surface area contributed by atoms with E-state index in [-0.39, 0.29) is 6.23 Å². The number of methoxy groups -OCH3 is 1. The fourth-order valence-corrected chi connectivity index (χ4v) is 0.272. The lowest BCUT2D eigenvalue weighted by atomic mass is 10.2. The average molecular weight is 103 g/mol. The molecule has 0 aromatic rings. The van der Waals surface area contributed by atoms with Gasteiger partial charge in [-0.3, -0.25) is 0 Å². The summed E-state index contributed by atoms with van der Waals surface area (Å²) in [6.07, 6.45) is -0.0972. The van der Waals surface area contributed by atoms with E-state index in [0.29, 0.717) is 5.92 Å².